The van der Waals surface area contributed by atoms with Crippen molar-refractivity contribution < 1.29 is 4.79 Å². The Balaban J connectivity index is 2.14. The smallest absolute Gasteiger partial charge is 0.219 e. The summed E-state index contributed by atoms with van der Waals surface area (Å²) in [5, 5.41) is 3.02. The minimum Gasteiger partial charge on any atom is -0.356 e. The lowest BCUT2D eigenvalue weighted by Gasteiger charge is -2.15. The van der Waals surface area contributed by atoms with Gasteiger partial charge >= 0.3 is 0 Å². The minimum absolute atomic E-state index is 0.224. The van der Waals surface area contributed by atoms with Gasteiger partial charge in [0.2, 0.25) is 5.91 Å². The fourth-order valence-electron chi connectivity index (χ4n) is 2.09. The summed E-state index contributed by atoms with van der Waals surface area (Å²) in [5.74, 6) is 1.77. The zero-order valence-electron chi connectivity index (χ0n) is 8.81. The van der Waals surface area contributed by atoms with Crippen LogP contribution in [0.1, 0.15) is 46.0 Å². The van der Waals surface area contributed by atoms with E-state index < -0.39 is 0 Å². The maximum Gasteiger partial charge on any atom is 0.219 e. The highest BCUT2D eigenvalue weighted by Gasteiger charge is 2.23. The Morgan fingerprint density at radius 3 is 2.77 bits per heavy atom. The number of carbonyl (C=O) groups excluding carboxylic acids is 1. The molecule has 0 spiro atoms. The third-order valence-corrected chi connectivity index (χ3v) is 3.08. The Bertz CT molecular complexity index is 167. The summed E-state index contributed by atoms with van der Waals surface area (Å²) in [7, 11) is 0. The quantitative estimate of drug-likeness (QED) is 0.712. The maximum absolute atomic E-state index is 11.2. The first kappa shape index (κ1) is 10.6. The van der Waals surface area contributed by atoms with Gasteiger partial charge in [-0.1, -0.05) is 26.7 Å². The Morgan fingerprint density at radius 2 is 2.23 bits per heavy atom. The van der Waals surface area contributed by atoms with Gasteiger partial charge in [0.05, 0.1) is 0 Å². The second-order valence-electron chi connectivity index (χ2n) is 4.22. The summed E-state index contributed by atoms with van der Waals surface area (Å²) in [4.78, 5) is 11.2. The van der Waals surface area contributed by atoms with Crippen molar-refractivity contribution in [2.45, 2.75) is 46.0 Å². The monoisotopic (exact) mass is 183 g/mol. The summed E-state index contributed by atoms with van der Waals surface area (Å²) in [6, 6.07) is 0. The van der Waals surface area contributed by atoms with Crippen LogP contribution in [0.25, 0.3) is 0 Å². The average molecular weight is 183 g/mol. The van der Waals surface area contributed by atoms with E-state index in [0.717, 1.165) is 24.8 Å². The highest BCUT2D eigenvalue weighted by Crippen LogP contribution is 2.30. The highest BCUT2D eigenvalue weighted by atomic mass is 16.1. The first-order chi connectivity index (χ1) is 6.24. The molecule has 0 saturated heterocycles. The molecule has 0 aromatic rings. The van der Waals surface area contributed by atoms with Gasteiger partial charge in [-0.15, -0.1) is 0 Å². The van der Waals surface area contributed by atoms with Gasteiger partial charge in [-0.25, -0.2) is 0 Å². The molecule has 0 bridgehead atoms. The van der Waals surface area contributed by atoms with Gasteiger partial charge in [0.25, 0.3) is 0 Å². The van der Waals surface area contributed by atoms with Crippen molar-refractivity contribution in [3.05, 3.63) is 0 Å². The van der Waals surface area contributed by atoms with Crippen molar-refractivity contribution in [1.82, 2.24) is 5.32 Å². The molecule has 1 rings (SSSR count). The highest BCUT2D eigenvalue weighted by molar-refractivity contribution is 5.75. The van der Waals surface area contributed by atoms with E-state index >= 15 is 0 Å². The van der Waals surface area contributed by atoms with E-state index in [-0.39, 0.29) is 5.91 Å². The molecule has 0 radical (unpaired) electrons. The van der Waals surface area contributed by atoms with Crippen LogP contribution in [0.3, 0.4) is 0 Å². The van der Waals surface area contributed by atoms with Crippen LogP contribution in [0, 0.1) is 11.8 Å². The van der Waals surface area contributed by atoms with E-state index in [9.17, 15) is 4.79 Å². The van der Waals surface area contributed by atoms with Crippen LogP contribution in [0.5, 0.6) is 0 Å². The van der Waals surface area contributed by atoms with Gasteiger partial charge in [0.15, 0.2) is 0 Å². The van der Waals surface area contributed by atoms with Crippen LogP contribution >= 0.6 is 0 Å². The van der Waals surface area contributed by atoms with Crippen molar-refractivity contribution in [2.24, 2.45) is 11.8 Å². The standard InChI is InChI=1S/C11H21NO/c1-3-5-11(13)12-8-10-7-4-6-9(10)2/h9-10H,3-8H2,1-2H3,(H,12,13). The molecule has 1 fully saturated rings. The normalized spacial score (nSPS) is 27.5. The largest absolute Gasteiger partial charge is 0.356 e. The minimum atomic E-state index is 0.224. The van der Waals surface area contributed by atoms with Crippen LogP contribution in [-0.2, 0) is 4.79 Å². The molecule has 0 heterocycles. The van der Waals surface area contributed by atoms with Gasteiger partial charge in [0, 0.05) is 13.0 Å². The van der Waals surface area contributed by atoms with E-state index in [0.29, 0.717) is 6.42 Å². The SMILES string of the molecule is CCCC(=O)NCC1CCCC1C. The molecular weight excluding hydrogens is 162 g/mol. The third kappa shape index (κ3) is 3.37. The molecule has 1 amide bonds. The fraction of sp³-hybridized carbons (Fsp3) is 0.909. The van der Waals surface area contributed by atoms with E-state index in [1.165, 1.54) is 19.3 Å². The van der Waals surface area contributed by atoms with Gasteiger partial charge < -0.3 is 5.32 Å². The van der Waals surface area contributed by atoms with E-state index in [1.807, 2.05) is 6.92 Å². The Labute approximate surface area is 81.1 Å². The predicted molar refractivity (Wildman–Crippen MR) is 54.4 cm³/mol. The first-order valence-electron chi connectivity index (χ1n) is 5.50. The van der Waals surface area contributed by atoms with Crippen LogP contribution in [0.4, 0.5) is 0 Å². The molecule has 76 valence electrons. The first-order valence-corrected chi connectivity index (χ1v) is 5.50. The molecule has 0 aliphatic heterocycles. The van der Waals surface area contributed by atoms with E-state index in [1.54, 1.807) is 0 Å². The van der Waals surface area contributed by atoms with Crippen LogP contribution in [0.2, 0.25) is 0 Å². The van der Waals surface area contributed by atoms with Gasteiger partial charge in [0.1, 0.15) is 0 Å². The van der Waals surface area contributed by atoms with E-state index in [4.69, 9.17) is 0 Å². The Morgan fingerprint density at radius 1 is 1.46 bits per heavy atom. The Kier molecular flexibility index (Phi) is 4.26. The van der Waals surface area contributed by atoms with Crippen LogP contribution in [-0.4, -0.2) is 12.5 Å². The molecule has 1 aliphatic rings. The topological polar surface area (TPSA) is 29.1 Å². The van der Waals surface area contributed by atoms with Gasteiger partial charge in [-0.2, -0.15) is 0 Å². The van der Waals surface area contributed by atoms with Crippen LogP contribution < -0.4 is 5.32 Å². The lowest BCUT2D eigenvalue weighted by Crippen LogP contribution is -2.29. The van der Waals surface area contributed by atoms with Gasteiger partial charge in [-0.05, 0) is 24.7 Å². The fourth-order valence-corrected chi connectivity index (χ4v) is 2.09. The summed E-state index contributed by atoms with van der Waals surface area (Å²) in [5.41, 5.74) is 0. The second-order valence-corrected chi connectivity index (χ2v) is 4.22. The summed E-state index contributed by atoms with van der Waals surface area (Å²) in [6.45, 7) is 5.24. The lowest BCUT2D eigenvalue weighted by atomic mass is 9.98. The summed E-state index contributed by atoms with van der Waals surface area (Å²) < 4.78 is 0. The molecule has 0 aromatic carbocycles. The summed E-state index contributed by atoms with van der Waals surface area (Å²) >= 11 is 0. The van der Waals surface area contributed by atoms with E-state index in [2.05, 4.69) is 12.2 Å². The van der Waals surface area contributed by atoms with Crippen molar-refractivity contribution in [2.75, 3.05) is 6.54 Å². The molecule has 2 heteroatoms. The third-order valence-electron chi connectivity index (χ3n) is 3.08. The maximum atomic E-state index is 11.2. The average Bonchev–Trinajstić information content (AvgIpc) is 2.48. The molecule has 2 nitrogen and oxygen atoms in total. The number of carbonyl (C=O) groups is 1. The number of hydrogen-bond acceptors (Lipinski definition) is 1. The molecule has 0 aromatic heterocycles. The lowest BCUT2D eigenvalue weighted by molar-refractivity contribution is -0.121. The van der Waals surface area contributed by atoms with Crippen molar-refractivity contribution >= 4 is 5.91 Å². The van der Waals surface area contributed by atoms with Crippen molar-refractivity contribution in [1.29, 1.82) is 0 Å². The molecule has 1 N–H and O–H groups in total. The molecule has 1 saturated carbocycles. The number of rotatable bonds is 4. The second kappa shape index (κ2) is 5.25. The zero-order chi connectivity index (χ0) is 9.68. The number of nitrogens with one attached hydrogen (secondary N) is 1. The zero-order valence-corrected chi connectivity index (χ0v) is 8.81. The van der Waals surface area contributed by atoms with Gasteiger partial charge in [-0.3, -0.25) is 4.79 Å². The molecule has 13 heavy (non-hydrogen) atoms. The molecular formula is C11H21NO. The molecule has 2 unspecified atom stereocenters. The molecule has 1 aliphatic carbocycles. The van der Waals surface area contributed by atoms with Crippen molar-refractivity contribution in [3.8, 4) is 0 Å². The van der Waals surface area contributed by atoms with Crippen LogP contribution in [0.15, 0.2) is 0 Å². The molecule has 2 atom stereocenters. The Hall–Kier alpha value is -0.530. The number of hydrogen-bond donors (Lipinski definition) is 1. The number of amides is 1. The predicted octanol–water partition coefficient (Wildman–Crippen LogP) is 2.34. The van der Waals surface area contributed by atoms with Crippen molar-refractivity contribution in [3.63, 3.8) is 0 Å². The summed E-state index contributed by atoms with van der Waals surface area (Å²) in [6.07, 6.45) is 5.62.